The molecule has 0 spiro atoms. The quantitative estimate of drug-likeness (QED) is 0.914. The van der Waals surface area contributed by atoms with E-state index < -0.39 is 6.10 Å². The summed E-state index contributed by atoms with van der Waals surface area (Å²) in [5.74, 6) is 0. The van der Waals surface area contributed by atoms with Crippen molar-refractivity contribution in [1.29, 1.82) is 0 Å². The van der Waals surface area contributed by atoms with E-state index in [2.05, 4.69) is 20.9 Å². The van der Waals surface area contributed by atoms with Gasteiger partial charge in [-0.05, 0) is 40.5 Å². The highest BCUT2D eigenvalue weighted by molar-refractivity contribution is 9.10. The van der Waals surface area contributed by atoms with Crippen LogP contribution in [-0.2, 0) is 0 Å². The van der Waals surface area contributed by atoms with Crippen molar-refractivity contribution >= 4 is 15.9 Å². The van der Waals surface area contributed by atoms with Crippen LogP contribution in [0.25, 0.3) is 0 Å². The number of aryl methyl sites for hydroxylation is 1. The molecule has 0 amide bonds. The van der Waals surface area contributed by atoms with Gasteiger partial charge in [0, 0.05) is 10.7 Å². The lowest BCUT2D eigenvalue weighted by Gasteiger charge is -2.12. The van der Waals surface area contributed by atoms with E-state index in [1.54, 1.807) is 6.20 Å². The maximum Gasteiger partial charge on any atom is 0.122 e. The zero-order valence-electron chi connectivity index (χ0n) is 8.89. The van der Waals surface area contributed by atoms with Crippen LogP contribution in [0.2, 0.25) is 0 Å². The van der Waals surface area contributed by atoms with E-state index in [4.69, 9.17) is 0 Å². The SMILES string of the molecule is Cc1ccc(C(O)c2ncccc2Br)cc1. The second kappa shape index (κ2) is 4.76. The van der Waals surface area contributed by atoms with Crippen molar-refractivity contribution in [2.24, 2.45) is 0 Å². The van der Waals surface area contributed by atoms with Gasteiger partial charge in [-0.15, -0.1) is 0 Å². The van der Waals surface area contributed by atoms with Gasteiger partial charge >= 0.3 is 0 Å². The zero-order valence-corrected chi connectivity index (χ0v) is 10.5. The summed E-state index contributed by atoms with van der Waals surface area (Å²) in [5.41, 5.74) is 2.67. The van der Waals surface area contributed by atoms with E-state index in [1.165, 1.54) is 5.56 Å². The van der Waals surface area contributed by atoms with Gasteiger partial charge in [0.15, 0.2) is 0 Å². The van der Waals surface area contributed by atoms with Gasteiger partial charge in [0.25, 0.3) is 0 Å². The summed E-state index contributed by atoms with van der Waals surface area (Å²) < 4.78 is 0.822. The van der Waals surface area contributed by atoms with Crippen LogP contribution < -0.4 is 0 Å². The Balaban J connectivity index is 2.35. The average molecular weight is 278 g/mol. The third kappa shape index (κ3) is 2.31. The number of halogens is 1. The maximum absolute atomic E-state index is 10.2. The fourth-order valence-electron chi connectivity index (χ4n) is 1.51. The van der Waals surface area contributed by atoms with Crippen molar-refractivity contribution in [3.63, 3.8) is 0 Å². The highest BCUT2D eigenvalue weighted by atomic mass is 79.9. The first-order valence-electron chi connectivity index (χ1n) is 5.03. The van der Waals surface area contributed by atoms with Gasteiger partial charge in [-0.1, -0.05) is 29.8 Å². The Labute approximate surface area is 103 Å². The molecular weight excluding hydrogens is 266 g/mol. The number of pyridine rings is 1. The first kappa shape index (κ1) is 11.3. The average Bonchev–Trinajstić information content (AvgIpc) is 2.30. The Morgan fingerprint density at radius 3 is 2.50 bits per heavy atom. The highest BCUT2D eigenvalue weighted by Gasteiger charge is 2.14. The van der Waals surface area contributed by atoms with Gasteiger partial charge in [-0.25, -0.2) is 0 Å². The Morgan fingerprint density at radius 1 is 1.19 bits per heavy atom. The Hall–Kier alpha value is -1.19. The lowest BCUT2D eigenvalue weighted by Crippen LogP contribution is -2.02. The lowest BCUT2D eigenvalue weighted by molar-refractivity contribution is 0.214. The van der Waals surface area contributed by atoms with Gasteiger partial charge in [0.1, 0.15) is 6.10 Å². The minimum Gasteiger partial charge on any atom is -0.382 e. The molecule has 0 bridgehead atoms. The zero-order chi connectivity index (χ0) is 11.5. The molecule has 1 heterocycles. The molecule has 3 heteroatoms. The van der Waals surface area contributed by atoms with Crippen LogP contribution >= 0.6 is 15.9 Å². The molecule has 0 saturated heterocycles. The molecule has 1 aromatic heterocycles. The van der Waals surface area contributed by atoms with Gasteiger partial charge in [0.05, 0.1) is 5.69 Å². The molecule has 2 rings (SSSR count). The molecule has 2 aromatic rings. The summed E-state index contributed by atoms with van der Waals surface area (Å²) in [6.07, 6.45) is 0.994. The van der Waals surface area contributed by atoms with E-state index in [0.29, 0.717) is 5.69 Å². The fourth-order valence-corrected chi connectivity index (χ4v) is 1.98. The monoisotopic (exact) mass is 277 g/mol. The molecule has 1 N–H and O–H groups in total. The second-order valence-corrected chi connectivity index (χ2v) is 4.54. The van der Waals surface area contributed by atoms with E-state index in [9.17, 15) is 5.11 Å². The Bertz CT molecular complexity index is 482. The maximum atomic E-state index is 10.2. The van der Waals surface area contributed by atoms with Crippen molar-refractivity contribution in [2.75, 3.05) is 0 Å². The largest absolute Gasteiger partial charge is 0.382 e. The standard InChI is InChI=1S/C13H12BrNO/c1-9-4-6-10(7-5-9)13(16)12-11(14)3-2-8-15-12/h2-8,13,16H,1H3. The van der Waals surface area contributed by atoms with Gasteiger partial charge in [-0.2, -0.15) is 0 Å². The third-order valence-corrected chi connectivity index (χ3v) is 3.11. The minimum absolute atomic E-state index is 0.645. The van der Waals surface area contributed by atoms with E-state index in [0.717, 1.165) is 10.0 Å². The summed E-state index contributed by atoms with van der Waals surface area (Å²) in [7, 11) is 0. The van der Waals surface area contributed by atoms with Gasteiger partial charge in [-0.3, -0.25) is 4.98 Å². The van der Waals surface area contributed by atoms with Crippen molar-refractivity contribution in [3.8, 4) is 0 Å². The minimum atomic E-state index is -0.684. The Kier molecular flexibility index (Phi) is 3.36. The lowest BCUT2D eigenvalue weighted by atomic mass is 10.0. The van der Waals surface area contributed by atoms with Crippen LogP contribution in [0.4, 0.5) is 0 Å². The predicted molar refractivity (Wildman–Crippen MR) is 67.2 cm³/mol. The molecule has 0 aliphatic rings. The summed E-state index contributed by atoms with van der Waals surface area (Å²) in [6, 6.07) is 11.5. The first-order valence-corrected chi connectivity index (χ1v) is 5.83. The number of aromatic nitrogens is 1. The molecule has 1 atom stereocenters. The van der Waals surface area contributed by atoms with E-state index in [-0.39, 0.29) is 0 Å². The van der Waals surface area contributed by atoms with Crippen LogP contribution in [0.1, 0.15) is 22.9 Å². The molecule has 82 valence electrons. The van der Waals surface area contributed by atoms with Crippen LogP contribution in [0, 0.1) is 6.92 Å². The second-order valence-electron chi connectivity index (χ2n) is 3.68. The van der Waals surface area contributed by atoms with Crippen LogP contribution in [0.15, 0.2) is 47.1 Å². The van der Waals surface area contributed by atoms with Crippen molar-refractivity contribution in [1.82, 2.24) is 4.98 Å². The fraction of sp³-hybridized carbons (Fsp3) is 0.154. The summed E-state index contributed by atoms with van der Waals surface area (Å²) in [4.78, 5) is 4.18. The smallest absolute Gasteiger partial charge is 0.122 e. The van der Waals surface area contributed by atoms with Crippen LogP contribution in [-0.4, -0.2) is 10.1 Å². The van der Waals surface area contributed by atoms with Crippen molar-refractivity contribution in [2.45, 2.75) is 13.0 Å². The van der Waals surface area contributed by atoms with Crippen molar-refractivity contribution in [3.05, 3.63) is 63.9 Å². The molecule has 0 aliphatic carbocycles. The number of rotatable bonds is 2. The molecule has 1 aromatic carbocycles. The summed E-state index contributed by atoms with van der Waals surface area (Å²) >= 11 is 3.39. The molecular formula is C13H12BrNO. The molecule has 0 fully saturated rings. The van der Waals surface area contributed by atoms with Gasteiger partial charge < -0.3 is 5.11 Å². The molecule has 0 radical (unpaired) electrons. The number of aliphatic hydroxyl groups is 1. The first-order chi connectivity index (χ1) is 7.68. The molecule has 0 saturated carbocycles. The van der Waals surface area contributed by atoms with E-state index in [1.807, 2.05) is 43.3 Å². The van der Waals surface area contributed by atoms with Crippen molar-refractivity contribution < 1.29 is 5.11 Å². The normalized spacial score (nSPS) is 12.4. The molecule has 1 unspecified atom stereocenters. The van der Waals surface area contributed by atoms with E-state index >= 15 is 0 Å². The number of benzene rings is 1. The highest BCUT2D eigenvalue weighted by Crippen LogP contribution is 2.26. The molecule has 0 aliphatic heterocycles. The predicted octanol–water partition coefficient (Wildman–Crippen LogP) is 3.23. The number of hydrogen-bond acceptors (Lipinski definition) is 2. The number of aliphatic hydroxyl groups excluding tert-OH is 1. The topological polar surface area (TPSA) is 33.1 Å². The number of nitrogens with zero attached hydrogens (tertiary/aromatic N) is 1. The van der Waals surface area contributed by atoms with Crippen LogP contribution in [0.5, 0.6) is 0 Å². The molecule has 2 nitrogen and oxygen atoms in total. The van der Waals surface area contributed by atoms with Crippen LogP contribution in [0.3, 0.4) is 0 Å². The summed E-state index contributed by atoms with van der Waals surface area (Å²) in [5, 5.41) is 10.2. The summed E-state index contributed by atoms with van der Waals surface area (Å²) in [6.45, 7) is 2.02. The molecule has 16 heavy (non-hydrogen) atoms. The number of hydrogen-bond donors (Lipinski definition) is 1. The third-order valence-electron chi connectivity index (χ3n) is 2.44. The van der Waals surface area contributed by atoms with Gasteiger partial charge in [0.2, 0.25) is 0 Å². The Morgan fingerprint density at radius 2 is 1.88 bits per heavy atom.